The number of ether oxygens (including phenoxy) is 1. The highest BCUT2D eigenvalue weighted by atomic mass is 35.5. The number of nitrogens with zero attached hydrogens (tertiary/aromatic N) is 1. The van der Waals surface area contributed by atoms with E-state index < -0.39 is 0 Å². The van der Waals surface area contributed by atoms with E-state index in [9.17, 15) is 4.39 Å². The molecule has 17 heavy (non-hydrogen) atoms. The highest BCUT2D eigenvalue weighted by Crippen LogP contribution is 2.25. The number of pyridine rings is 1. The fourth-order valence-electron chi connectivity index (χ4n) is 1.40. The van der Waals surface area contributed by atoms with Crippen molar-refractivity contribution in [2.75, 3.05) is 0 Å². The van der Waals surface area contributed by atoms with E-state index in [0.29, 0.717) is 17.3 Å². The number of aryl methyl sites for hydroxylation is 1. The Hall–Kier alpha value is -1.61. The quantitative estimate of drug-likeness (QED) is 0.768. The fraction of sp³-hybridized carbons (Fsp3) is 0.154. The molecule has 0 aliphatic heterocycles. The average molecular weight is 252 g/mol. The molecule has 1 heterocycles. The molecule has 0 amide bonds. The number of hydrogen-bond donors (Lipinski definition) is 0. The second-order valence-electron chi connectivity index (χ2n) is 3.63. The van der Waals surface area contributed by atoms with Crippen molar-refractivity contribution in [1.29, 1.82) is 0 Å². The van der Waals surface area contributed by atoms with Crippen molar-refractivity contribution in [1.82, 2.24) is 4.98 Å². The highest BCUT2D eigenvalue weighted by Gasteiger charge is 2.07. The van der Waals surface area contributed by atoms with Crippen LogP contribution in [-0.2, 0) is 5.88 Å². The van der Waals surface area contributed by atoms with Crippen LogP contribution in [0.2, 0.25) is 0 Å². The number of hydrogen-bond acceptors (Lipinski definition) is 2. The van der Waals surface area contributed by atoms with E-state index in [1.54, 1.807) is 43.5 Å². The Morgan fingerprint density at radius 2 is 2.18 bits per heavy atom. The minimum atomic E-state index is -0.370. The Morgan fingerprint density at radius 1 is 1.35 bits per heavy atom. The Morgan fingerprint density at radius 3 is 2.94 bits per heavy atom. The summed E-state index contributed by atoms with van der Waals surface area (Å²) in [6.07, 6.45) is 1.58. The molecule has 0 saturated carbocycles. The summed E-state index contributed by atoms with van der Waals surface area (Å²) in [5.41, 5.74) is 1.42. The fourth-order valence-corrected chi connectivity index (χ4v) is 1.57. The minimum absolute atomic E-state index is 0.171. The molecular formula is C13H11ClFNO. The van der Waals surface area contributed by atoms with Gasteiger partial charge in [-0.25, -0.2) is 9.37 Å². The van der Waals surface area contributed by atoms with Crippen LogP contribution >= 0.6 is 11.6 Å². The molecule has 1 aromatic carbocycles. The van der Waals surface area contributed by atoms with Crippen LogP contribution in [0.3, 0.4) is 0 Å². The zero-order valence-electron chi connectivity index (χ0n) is 9.28. The molecule has 0 aliphatic rings. The lowest BCUT2D eigenvalue weighted by atomic mass is 10.2. The van der Waals surface area contributed by atoms with Crippen LogP contribution < -0.4 is 4.74 Å². The van der Waals surface area contributed by atoms with Crippen LogP contribution in [0.5, 0.6) is 11.6 Å². The molecule has 2 nitrogen and oxygen atoms in total. The van der Waals surface area contributed by atoms with Gasteiger partial charge in [0.1, 0.15) is 0 Å². The first-order valence-electron chi connectivity index (χ1n) is 5.14. The van der Waals surface area contributed by atoms with Gasteiger partial charge >= 0.3 is 0 Å². The lowest BCUT2D eigenvalue weighted by molar-refractivity contribution is 0.425. The highest BCUT2D eigenvalue weighted by molar-refractivity contribution is 6.17. The molecule has 2 rings (SSSR count). The van der Waals surface area contributed by atoms with Crippen molar-refractivity contribution in [3.8, 4) is 11.6 Å². The largest absolute Gasteiger partial charge is 0.436 e. The first-order valence-corrected chi connectivity index (χ1v) is 5.68. The zero-order chi connectivity index (χ0) is 12.3. The lowest BCUT2D eigenvalue weighted by Crippen LogP contribution is -1.93. The summed E-state index contributed by atoms with van der Waals surface area (Å²) in [6.45, 7) is 1.69. The molecule has 0 spiro atoms. The van der Waals surface area contributed by atoms with E-state index in [-0.39, 0.29) is 11.6 Å². The van der Waals surface area contributed by atoms with Gasteiger partial charge in [-0.15, -0.1) is 11.6 Å². The maximum Gasteiger partial charge on any atom is 0.219 e. The second kappa shape index (κ2) is 5.15. The van der Waals surface area contributed by atoms with Gasteiger partial charge in [0.05, 0.1) is 0 Å². The average Bonchev–Trinajstić information content (AvgIpc) is 2.35. The van der Waals surface area contributed by atoms with Gasteiger partial charge in [-0.2, -0.15) is 0 Å². The van der Waals surface area contributed by atoms with Crippen molar-refractivity contribution < 1.29 is 9.13 Å². The molecule has 0 aliphatic carbocycles. The molecule has 4 heteroatoms. The summed E-state index contributed by atoms with van der Waals surface area (Å²) in [5, 5.41) is 0. The minimum Gasteiger partial charge on any atom is -0.436 e. The van der Waals surface area contributed by atoms with Gasteiger partial charge in [-0.05, 0) is 30.2 Å². The van der Waals surface area contributed by atoms with Gasteiger partial charge in [0, 0.05) is 18.1 Å². The lowest BCUT2D eigenvalue weighted by Gasteiger charge is -2.07. The van der Waals surface area contributed by atoms with Gasteiger partial charge in [0.25, 0.3) is 0 Å². The SMILES string of the molecule is Cc1cccc(Oc2cc(CCl)ccn2)c1F. The van der Waals surface area contributed by atoms with E-state index in [4.69, 9.17) is 16.3 Å². The first kappa shape index (κ1) is 11.9. The molecule has 0 N–H and O–H groups in total. The van der Waals surface area contributed by atoms with Crippen LogP contribution in [0.25, 0.3) is 0 Å². The second-order valence-corrected chi connectivity index (χ2v) is 3.89. The monoisotopic (exact) mass is 251 g/mol. The van der Waals surface area contributed by atoms with E-state index in [1.165, 1.54) is 0 Å². The number of aromatic nitrogens is 1. The Bertz CT molecular complexity index is 531. The van der Waals surface area contributed by atoms with Crippen LogP contribution in [-0.4, -0.2) is 4.98 Å². The third kappa shape index (κ3) is 2.74. The van der Waals surface area contributed by atoms with Crippen molar-refractivity contribution >= 4 is 11.6 Å². The van der Waals surface area contributed by atoms with E-state index in [2.05, 4.69) is 4.98 Å². The summed E-state index contributed by atoms with van der Waals surface area (Å²) in [6, 6.07) is 8.46. The Kier molecular flexibility index (Phi) is 3.59. The molecule has 0 saturated heterocycles. The Labute approximate surface area is 104 Å². The predicted molar refractivity (Wildman–Crippen MR) is 65.0 cm³/mol. The van der Waals surface area contributed by atoms with Crippen LogP contribution in [0.4, 0.5) is 4.39 Å². The molecule has 0 atom stereocenters. The normalized spacial score (nSPS) is 10.3. The van der Waals surface area contributed by atoms with Gasteiger partial charge in [-0.3, -0.25) is 0 Å². The molecule has 0 unspecified atom stereocenters. The van der Waals surface area contributed by atoms with Gasteiger partial charge in [0.15, 0.2) is 11.6 Å². The molecular weight excluding hydrogens is 241 g/mol. The van der Waals surface area contributed by atoms with Crippen molar-refractivity contribution in [3.05, 3.63) is 53.5 Å². The standard InChI is InChI=1S/C13H11ClFNO/c1-9-3-2-4-11(13(9)15)17-12-7-10(8-14)5-6-16-12/h2-7H,8H2,1H3. The van der Waals surface area contributed by atoms with Crippen LogP contribution in [0, 0.1) is 12.7 Å². The van der Waals surface area contributed by atoms with E-state index >= 15 is 0 Å². The maximum atomic E-state index is 13.7. The molecule has 1 aromatic heterocycles. The summed E-state index contributed by atoms with van der Waals surface area (Å²) in [7, 11) is 0. The first-order chi connectivity index (χ1) is 8.20. The number of halogens is 2. The number of rotatable bonds is 3. The molecule has 0 bridgehead atoms. The molecule has 0 fully saturated rings. The number of benzene rings is 1. The third-order valence-electron chi connectivity index (χ3n) is 2.32. The van der Waals surface area contributed by atoms with Gasteiger partial charge in [-0.1, -0.05) is 12.1 Å². The predicted octanol–water partition coefficient (Wildman–Crippen LogP) is 4.06. The smallest absolute Gasteiger partial charge is 0.219 e. The molecule has 2 aromatic rings. The van der Waals surface area contributed by atoms with Crippen LogP contribution in [0.1, 0.15) is 11.1 Å². The molecule has 0 radical (unpaired) electrons. The van der Waals surface area contributed by atoms with Gasteiger partial charge in [0.2, 0.25) is 5.88 Å². The Balaban J connectivity index is 2.28. The summed E-state index contributed by atoms with van der Waals surface area (Å²) >= 11 is 5.70. The number of alkyl halides is 1. The van der Waals surface area contributed by atoms with Crippen molar-refractivity contribution in [3.63, 3.8) is 0 Å². The third-order valence-corrected chi connectivity index (χ3v) is 2.63. The van der Waals surface area contributed by atoms with Gasteiger partial charge < -0.3 is 4.74 Å². The van der Waals surface area contributed by atoms with E-state index in [1.807, 2.05) is 0 Å². The van der Waals surface area contributed by atoms with Crippen molar-refractivity contribution in [2.24, 2.45) is 0 Å². The summed E-state index contributed by atoms with van der Waals surface area (Å²) in [4.78, 5) is 4.01. The van der Waals surface area contributed by atoms with Crippen molar-refractivity contribution in [2.45, 2.75) is 12.8 Å². The summed E-state index contributed by atoms with van der Waals surface area (Å²) in [5.74, 6) is 0.511. The maximum absolute atomic E-state index is 13.7. The van der Waals surface area contributed by atoms with Crippen LogP contribution in [0.15, 0.2) is 36.5 Å². The van der Waals surface area contributed by atoms with E-state index in [0.717, 1.165) is 5.56 Å². The molecule has 88 valence electrons. The summed E-state index contributed by atoms with van der Waals surface area (Å²) < 4.78 is 19.1. The topological polar surface area (TPSA) is 22.1 Å². The zero-order valence-corrected chi connectivity index (χ0v) is 10.0.